The lowest BCUT2D eigenvalue weighted by atomic mass is 9.85. The Morgan fingerprint density at radius 2 is 2.26 bits per heavy atom. The summed E-state index contributed by atoms with van der Waals surface area (Å²) in [6, 6.07) is 5.08. The van der Waals surface area contributed by atoms with Crippen LogP contribution in [0.5, 0.6) is 0 Å². The molecule has 1 heterocycles. The molecule has 1 aliphatic rings. The Hall–Kier alpha value is -2.17. The number of anilines is 1. The molecule has 1 fully saturated rings. The van der Waals surface area contributed by atoms with Gasteiger partial charge in [-0.1, -0.05) is 18.6 Å². The van der Waals surface area contributed by atoms with Crippen LogP contribution in [0.2, 0.25) is 0 Å². The third-order valence-corrected chi connectivity index (χ3v) is 3.61. The predicted molar refractivity (Wildman–Crippen MR) is 72.3 cm³/mol. The first-order valence-corrected chi connectivity index (χ1v) is 6.47. The molecule has 0 saturated heterocycles. The van der Waals surface area contributed by atoms with Gasteiger partial charge in [-0.3, -0.25) is 0 Å². The molecule has 0 bridgehead atoms. The Morgan fingerprint density at radius 3 is 2.95 bits per heavy atom. The molecule has 0 spiro atoms. The second kappa shape index (κ2) is 4.84. The van der Waals surface area contributed by atoms with Crippen molar-refractivity contribution in [2.45, 2.75) is 19.3 Å². The van der Waals surface area contributed by atoms with Crippen molar-refractivity contribution in [3.8, 4) is 0 Å². The van der Waals surface area contributed by atoms with E-state index in [9.17, 15) is 4.79 Å². The SMILES string of the molecule is O=C(O)c1cccc2cnc(NCC3CCC3)nc12. The molecule has 1 aliphatic carbocycles. The highest BCUT2D eigenvalue weighted by Crippen LogP contribution is 2.26. The highest BCUT2D eigenvalue weighted by Gasteiger charge is 2.17. The van der Waals surface area contributed by atoms with Gasteiger partial charge >= 0.3 is 5.97 Å². The van der Waals surface area contributed by atoms with Crippen LogP contribution in [-0.4, -0.2) is 27.6 Å². The van der Waals surface area contributed by atoms with Gasteiger partial charge in [0.1, 0.15) is 0 Å². The van der Waals surface area contributed by atoms with Crippen molar-refractivity contribution in [2.75, 3.05) is 11.9 Å². The molecule has 2 aromatic rings. The molecule has 1 saturated carbocycles. The summed E-state index contributed by atoms with van der Waals surface area (Å²) in [6.45, 7) is 0.862. The first-order valence-electron chi connectivity index (χ1n) is 6.47. The normalized spacial score (nSPS) is 15.2. The van der Waals surface area contributed by atoms with Crippen molar-refractivity contribution in [1.82, 2.24) is 9.97 Å². The van der Waals surface area contributed by atoms with Crippen LogP contribution in [0.4, 0.5) is 5.95 Å². The minimum absolute atomic E-state index is 0.214. The summed E-state index contributed by atoms with van der Waals surface area (Å²) in [5.41, 5.74) is 0.702. The Bertz CT molecular complexity index is 623. The number of nitrogens with zero attached hydrogens (tertiary/aromatic N) is 2. The second-order valence-electron chi connectivity index (χ2n) is 4.92. The third kappa shape index (κ3) is 2.36. The molecule has 0 radical (unpaired) electrons. The predicted octanol–water partition coefficient (Wildman–Crippen LogP) is 2.54. The van der Waals surface area contributed by atoms with E-state index in [4.69, 9.17) is 5.11 Å². The number of nitrogens with one attached hydrogen (secondary N) is 1. The summed E-state index contributed by atoms with van der Waals surface area (Å²) in [4.78, 5) is 19.7. The largest absolute Gasteiger partial charge is 0.478 e. The van der Waals surface area contributed by atoms with Gasteiger partial charge in [0.25, 0.3) is 0 Å². The molecule has 5 nitrogen and oxygen atoms in total. The topological polar surface area (TPSA) is 75.1 Å². The number of fused-ring (bicyclic) bond motifs is 1. The number of rotatable bonds is 4. The van der Waals surface area contributed by atoms with Crippen LogP contribution in [0.15, 0.2) is 24.4 Å². The first-order chi connectivity index (χ1) is 9.24. The number of carboxylic acid groups (broad SMARTS) is 1. The monoisotopic (exact) mass is 257 g/mol. The smallest absolute Gasteiger partial charge is 0.337 e. The Balaban J connectivity index is 1.89. The number of benzene rings is 1. The minimum Gasteiger partial charge on any atom is -0.478 e. The van der Waals surface area contributed by atoms with E-state index < -0.39 is 5.97 Å². The quantitative estimate of drug-likeness (QED) is 0.880. The van der Waals surface area contributed by atoms with E-state index in [1.807, 2.05) is 6.07 Å². The fourth-order valence-electron chi connectivity index (χ4n) is 2.25. The van der Waals surface area contributed by atoms with Gasteiger partial charge in [-0.05, 0) is 24.8 Å². The molecular weight excluding hydrogens is 242 g/mol. The van der Waals surface area contributed by atoms with Gasteiger partial charge in [0.2, 0.25) is 5.95 Å². The fraction of sp³-hybridized carbons (Fsp3) is 0.357. The molecule has 0 unspecified atom stereocenters. The number of carbonyl (C=O) groups is 1. The highest BCUT2D eigenvalue weighted by atomic mass is 16.4. The zero-order chi connectivity index (χ0) is 13.2. The van der Waals surface area contributed by atoms with Crippen molar-refractivity contribution in [3.05, 3.63) is 30.0 Å². The summed E-state index contributed by atoms with van der Waals surface area (Å²) in [5.74, 6) is 0.247. The van der Waals surface area contributed by atoms with Crippen LogP contribution in [0.25, 0.3) is 10.9 Å². The molecule has 2 N–H and O–H groups in total. The van der Waals surface area contributed by atoms with Crippen LogP contribution in [0.3, 0.4) is 0 Å². The summed E-state index contributed by atoms with van der Waals surface area (Å²) >= 11 is 0. The summed E-state index contributed by atoms with van der Waals surface area (Å²) < 4.78 is 0. The molecular formula is C14H15N3O2. The van der Waals surface area contributed by atoms with Gasteiger partial charge < -0.3 is 10.4 Å². The molecule has 3 rings (SSSR count). The maximum atomic E-state index is 11.2. The van der Waals surface area contributed by atoms with Gasteiger partial charge in [0.05, 0.1) is 11.1 Å². The van der Waals surface area contributed by atoms with E-state index in [-0.39, 0.29) is 5.56 Å². The van der Waals surface area contributed by atoms with E-state index in [0.717, 1.165) is 11.9 Å². The summed E-state index contributed by atoms with van der Waals surface area (Å²) in [5, 5.41) is 13.1. The molecule has 1 aromatic heterocycles. The van der Waals surface area contributed by atoms with E-state index in [2.05, 4.69) is 15.3 Å². The number of para-hydroxylation sites is 1. The Kier molecular flexibility index (Phi) is 3.03. The number of aromatic nitrogens is 2. The maximum absolute atomic E-state index is 11.2. The average Bonchev–Trinajstić information content (AvgIpc) is 2.36. The van der Waals surface area contributed by atoms with Crippen molar-refractivity contribution in [1.29, 1.82) is 0 Å². The van der Waals surface area contributed by atoms with Gasteiger partial charge in [0, 0.05) is 18.1 Å². The van der Waals surface area contributed by atoms with Crippen molar-refractivity contribution < 1.29 is 9.90 Å². The van der Waals surface area contributed by atoms with Crippen LogP contribution in [-0.2, 0) is 0 Å². The third-order valence-electron chi connectivity index (χ3n) is 3.61. The van der Waals surface area contributed by atoms with Crippen molar-refractivity contribution >= 4 is 22.8 Å². The van der Waals surface area contributed by atoms with Gasteiger partial charge in [0.15, 0.2) is 0 Å². The zero-order valence-electron chi connectivity index (χ0n) is 10.5. The minimum atomic E-state index is -0.964. The fourth-order valence-corrected chi connectivity index (χ4v) is 2.25. The van der Waals surface area contributed by atoms with Crippen LogP contribution >= 0.6 is 0 Å². The van der Waals surface area contributed by atoms with Crippen LogP contribution < -0.4 is 5.32 Å². The lowest BCUT2D eigenvalue weighted by molar-refractivity contribution is 0.0699. The number of hydrogen-bond acceptors (Lipinski definition) is 4. The number of carboxylic acids is 1. The molecule has 5 heteroatoms. The summed E-state index contributed by atoms with van der Waals surface area (Å²) in [7, 11) is 0. The van der Waals surface area contributed by atoms with Crippen LogP contribution in [0, 0.1) is 5.92 Å². The zero-order valence-corrected chi connectivity index (χ0v) is 10.5. The van der Waals surface area contributed by atoms with Gasteiger partial charge in [-0.15, -0.1) is 0 Å². The molecule has 0 amide bonds. The van der Waals surface area contributed by atoms with Crippen molar-refractivity contribution in [3.63, 3.8) is 0 Å². The van der Waals surface area contributed by atoms with Gasteiger partial charge in [-0.2, -0.15) is 0 Å². The standard InChI is InChI=1S/C14H15N3O2/c18-13(19)11-6-2-5-10-8-16-14(17-12(10)11)15-7-9-3-1-4-9/h2,5-6,8-9H,1,3-4,7H2,(H,18,19)(H,15,16,17). The molecule has 0 aliphatic heterocycles. The van der Waals surface area contributed by atoms with Crippen LogP contribution in [0.1, 0.15) is 29.6 Å². The molecule has 98 valence electrons. The number of aromatic carboxylic acids is 1. The first kappa shape index (κ1) is 11.9. The van der Waals surface area contributed by atoms with Gasteiger partial charge in [-0.25, -0.2) is 14.8 Å². The summed E-state index contributed by atoms with van der Waals surface area (Å²) in [6.07, 6.45) is 5.47. The Morgan fingerprint density at radius 1 is 1.42 bits per heavy atom. The molecule has 0 atom stereocenters. The Labute approximate surface area is 110 Å². The second-order valence-corrected chi connectivity index (χ2v) is 4.92. The van der Waals surface area contributed by atoms with Crippen molar-refractivity contribution in [2.24, 2.45) is 5.92 Å². The van der Waals surface area contributed by atoms with E-state index in [0.29, 0.717) is 17.4 Å². The lowest BCUT2D eigenvalue weighted by Crippen LogP contribution is -2.21. The molecule has 19 heavy (non-hydrogen) atoms. The maximum Gasteiger partial charge on any atom is 0.337 e. The lowest BCUT2D eigenvalue weighted by Gasteiger charge is -2.25. The highest BCUT2D eigenvalue weighted by molar-refractivity contribution is 6.01. The van der Waals surface area contributed by atoms with E-state index in [1.54, 1.807) is 18.3 Å². The van der Waals surface area contributed by atoms with E-state index >= 15 is 0 Å². The van der Waals surface area contributed by atoms with E-state index in [1.165, 1.54) is 19.3 Å². The average molecular weight is 257 g/mol. The number of hydrogen-bond donors (Lipinski definition) is 2. The molecule has 1 aromatic carbocycles.